The van der Waals surface area contributed by atoms with Gasteiger partial charge in [0, 0.05) is 18.7 Å². The van der Waals surface area contributed by atoms with Gasteiger partial charge in [0.15, 0.2) is 17.7 Å². The van der Waals surface area contributed by atoms with Crippen LogP contribution >= 0.6 is 0 Å². The Morgan fingerprint density at radius 2 is 2.11 bits per heavy atom. The molecular formula is C22H28F2N6O5S. The van der Waals surface area contributed by atoms with Crippen LogP contribution in [0.4, 0.5) is 8.78 Å². The number of benzene rings is 1. The number of nitrogens with one attached hydrogen (secondary N) is 1. The Labute approximate surface area is 206 Å². The number of alkyl halides is 1. The second-order valence-electron chi connectivity index (χ2n) is 9.47. The van der Waals surface area contributed by atoms with Crippen LogP contribution < -0.4 is 10.1 Å². The zero-order valence-electron chi connectivity index (χ0n) is 20.0. The molecule has 3 N–H and O–H groups in total. The molecular weight excluding hydrogens is 498 g/mol. The van der Waals surface area contributed by atoms with Crippen molar-refractivity contribution in [2.45, 2.75) is 50.7 Å². The Morgan fingerprint density at radius 3 is 2.78 bits per heavy atom. The SMILES string of the molecule is C[C@@H](O)c1nc2c(F)cc(C3=NC(N[C@@H]4CCN(S(C)(=O)=O)C[C@H]4O)=NCC3F)c3c2n1[C@@H](C)CO3. The molecule has 3 aliphatic rings. The van der Waals surface area contributed by atoms with Gasteiger partial charge >= 0.3 is 0 Å². The summed E-state index contributed by atoms with van der Waals surface area (Å²) in [5.41, 5.74) is 0.400. The van der Waals surface area contributed by atoms with Crippen molar-refractivity contribution in [3.8, 4) is 5.75 Å². The van der Waals surface area contributed by atoms with E-state index >= 15 is 8.78 Å². The summed E-state index contributed by atoms with van der Waals surface area (Å²) >= 11 is 0. The van der Waals surface area contributed by atoms with E-state index in [4.69, 9.17) is 4.74 Å². The van der Waals surface area contributed by atoms with Crippen molar-refractivity contribution in [2.75, 3.05) is 32.5 Å². The number of β-amino-alcohol motifs (C(OH)–C–C–N with tert-alkyl or cyclic N) is 1. The molecule has 2 aromatic rings. The van der Waals surface area contributed by atoms with Gasteiger partial charge in [-0.2, -0.15) is 4.31 Å². The first kappa shape index (κ1) is 25.0. The van der Waals surface area contributed by atoms with E-state index in [-0.39, 0.29) is 60.8 Å². The second-order valence-corrected chi connectivity index (χ2v) is 11.4. The first-order valence-corrected chi connectivity index (χ1v) is 13.5. The van der Waals surface area contributed by atoms with Crippen molar-refractivity contribution in [2.24, 2.45) is 9.98 Å². The van der Waals surface area contributed by atoms with E-state index < -0.39 is 40.3 Å². The van der Waals surface area contributed by atoms with Crippen molar-refractivity contribution in [1.29, 1.82) is 0 Å². The van der Waals surface area contributed by atoms with Gasteiger partial charge in [0.1, 0.15) is 29.6 Å². The Morgan fingerprint density at radius 1 is 1.36 bits per heavy atom. The van der Waals surface area contributed by atoms with Crippen LogP contribution in [0.3, 0.4) is 0 Å². The van der Waals surface area contributed by atoms with Crippen LogP contribution in [0.1, 0.15) is 43.8 Å². The summed E-state index contributed by atoms with van der Waals surface area (Å²) < 4.78 is 62.6. The minimum Gasteiger partial charge on any atom is -0.488 e. The largest absolute Gasteiger partial charge is 0.488 e. The van der Waals surface area contributed by atoms with Gasteiger partial charge in [0.05, 0.1) is 36.7 Å². The molecule has 196 valence electrons. The number of hydrogen-bond acceptors (Lipinski definition) is 9. The molecule has 1 aromatic heterocycles. The van der Waals surface area contributed by atoms with Crippen LogP contribution in [-0.4, -0.2) is 95.0 Å². The average Bonchev–Trinajstić information content (AvgIpc) is 3.22. The van der Waals surface area contributed by atoms with Gasteiger partial charge in [-0.05, 0) is 26.3 Å². The predicted molar refractivity (Wildman–Crippen MR) is 128 cm³/mol. The molecule has 3 aliphatic heterocycles. The topological polar surface area (TPSA) is 142 Å². The van der Waals surface area contributed by atoms with Gasteiger partial charge in [-0.1, -0.05) is 0 Å². The number of piperidine rings is 1. The quantitative estimate of drug-likeness (QED) is 0.532. The van der Waals surface area contributed by atoms with Gasteiger partial charge in [0.25, 0.3) is 0 Å². The number of ether oxygens (including phenoxy) is 1. The maximum atomic E-state index is 15.2. The number of guanidine groups is 1. The minimum atomic E-state index is -3.44. The fourth-order valence-corrected chi connectivity index (χ4v) is 5.76. The molecule has 5 atom stereocenters. The van der Waals surface area contributed by atoms with E-state index in [0.717, 1.165) is 12.3 Å². The molecule has 1 aromatic carbocycles. The normalized spacial score (nSPS) is 27.9. The highest BCUT2D eigenvalue weighted by molar-refractivity contribution is 7.88. The Hall–Kier alpha value is -2.68. The molecule has 0 amide bonds. The van der Waals surface area contributed by atoms with E-state index in [2.05, 4.69) is 20.3 Å². The lowest BCUT2D eigenvalue weighted by Gasteiger charge is -2.35. The molecule has 0 spiro atoms. The number of halogens is 2. The highest BCUT2D eigenvalue weighted by Crippen LogP contribution is 2.40. The van der Waals surface area contributed by atoms with Crippen LogP contribution in [-0.2, 0) is 10.0 Å². The van der Waals surface area contributed by atoms with Crippen molar-refractivity contribution in [3.05, 3.63) is 23.3 Å². The van der Waals surface area contributed by atoms with Gasteiger partial charge in [-0.25, -0.2) is 32.2 Å². The van der Waals surface area contributed by atoms with E-state index in [1.54, 1.807) is 4.57 Å². The van der Waals surface area contributed by atoms with Gasteiger partial charge in [-0.15, -0.1) is 0 Å². The fourth-order valence-electron chi connectivity index (χ4n) is 4.89. The Balaban J connectivity index is 1.50. The van der Waals surface area contributed by atoms with Gasteiger partial charge in [0.2, 0.25) is 16.0 Å². The molecule has 0 aliphatic carbocycles. The maximum absolute atomic E-state index is 15.2. The molecule has 14 heteroatoms. The summed E-state index contributed by atoms with van der Waals surface area (Å²) in [7, 11) is -3.44. The number of rotatable bonds is 4. The number of aliphatic hydroxyl groups excluding tert-OH is 2. The van der Waals surface area contributed by atoms with E-state index in [9.17, 15) is 18.6 Å². The number of aromatic nitrogens is 2. The molecule has 0 saturated carbocycles. The van der Waals surface area contributed by atoms with Crippen molar-refractivity contribution in [3.63, 3.8) is 0 Å². The summed E-state index contributed by atoms with van der Waals surface area (Å²) in [5, 5.41) is 23.6. The zero-order chi connectivity index (χ0) is 25.9. The Bertz CT molecular complexity index is 1370. The molecule has 11 nitrogen and oxygen atoms in total. The van der Waals surface area contributed by atoms with E-state index in [1.165, 1.54) is 11.2 Å². The molecule has 36 heavy (non-hydrogen) atoms. The number of imidazole rings is 1. The summed E-state index contributed by atoms with van der Waals surface area (Å²) in [5.74, 6) is -0.115. The van der Waals surface area contributed by atoms with Gasteiger partial charge < -0.3 is 24.8 Å². The van der Waals surface area contributed by atoms with Crippen LogP contribution in [0, 0.1) is 5.82 Å². The monoisotopic (exact) mass is 526 g/mol. The Kier molecular flexibility index (Phi) is 6.25. The van der Waals surface area contributed by atoms with Crippen LogP contribution in [0.15, 0.2) is 16.1 Å². The number of aliphatic imine (C=N–C) groups is 2. The second kappa shape index (κ2) is 9.01. The van der Waals surface area contributed by atoms with Crippen molar-refractivity contribution < 1.29 is 32.1 Å². The van der Waals surface area contributed by atoms with Crippen LogP contribution in [0.25, 0.3) is 11.0 Å². The van der Waals surface area contributed by atoms with E-state index in [0.29, 0.717) is 17.8 Å². The molecule has 1 saturated heterocycles. The van der Waals surface area contributed by atoms with Crippen LogP contribution in [0.2, 0.25) is 0 Å². The number of nitrogens with zero attached hydrogens (tertiary/aromatic N) is 5. The van der Waals surface area contributed by atoms with Gasteiger partial charge in [-0.3, -0.25) is 0 Å². The third-order valence-corrected chi connectivity index (χ3v) is 7.98. The summed E-state index contributed by atoms with van der Waals surface area (Å²) in [6.07, 6.45) is -2.22. The molecule has 1 fully saturated rings. The van der Waals surface area contributed by atoms with E-state index in [1.807, 2.05) is 6.92 Å². The third-order valence-electron chi connectivity index (χ3n) is 6.71. The highest BCUT2D eigenvalue weighted by atomic mass is 32.2. The number of sulfonamides is 1. The summed E-state index contributed by atoms with van der Waals surface area (Å²) in [6.45, 7) is 3.46. The smallest absolute Gasteiger partial charge is 0.218 e. The van der Waals surface area contributed by atoms with Crippen molar-refractivity contribution >= 4 is 32.7 Å². The molecule has 4 heterocycles. The average molecular weight is 527 g/mol. The maximum Gasteiger partial charge on any atom is 0.218 e. The molecule has 5 rings (SSSR count). The third kappa shape index (κ3) is 4.25. The summed E-state index contributed by atoms with van der Waals surface area (Å²) in [4.78, 5) is 12.7. The van der Waals surface area contributed by atoms with Crippen LogP contribution in [0.5, 0.6) is 5.75 Å². The lowest BCUT2D eigenvalue weighted by atomic mass is 10.0. The molecule has 1 unspecified atom stereocenters. The predicted octanol–water partition coefficient (Wildman–Crippen LogP) is 0.663. The minimum absolute atomic E-state index is 0.0239. The lowest BCUT2D eigenvalue weighted by molar-refractivity contribution is 0.0801. The number of aliphatic hydroxyl groups is 2. The highest BCUT2D eigenvalue weighted by Gasteiger charge is 2.36. The van der Waals surface area contributed by atoms with Crippen molar-refractivity contribution in [1.82, 2.24) is 19.2 Å². The lowest BCUT2D eigenvalue weighted by Crippen LogP contribution is -2.55. The molecule has 0 bridgehead atoms. The first-order chi connectivity index (χ1) is 17.0. The fraction of sp³-hybridized carbons (Fsp3) is 0.591. The zero-order valence-corrected chi connectivity index (χ0v) is 20.8. The standard InChI is InChI=1S/C22H28F2N6O5S/c1-10-9-35-20-12(6-13(23)18-19(20)30(10)21(27-18)11(2)31)17-14(24)7-25-22(28-17)26-15-4-5-29(8-16(15)32)36(3,33)34/h6,10-11,14-16,31-32H,4-5,7-9H2,1-3H3,(H,25,26)/t10-,11+,14?,15+,16+/m0/s1. The summed E-state index contributed by atoms with van der Waals surface area (Å²) in [6, 6.07) is 0.354. The number of hydrogen-bond donors (Lipinski definition) is 3. The first-order valence-electron chi connectivity index (χ1n) is 11.7. The molecule has 0 radical (unpaired) electrons.